The van der Waals surface area contributed by atoms with Gasteiger partial charge in [0.05, 0.1) is 23.0 Å². The van der Waals surface area contributed by atoms with Crippen molar-refractivity contribution < 1.29 is 4.79 Å². The highest BCUT2D eigenvalue weighted by Crippen LogP contribution is 2.26. The lowest BCUT2D eigenvalue weighted by Crippen LogP contribution is -2.16. The third kappa shape index (κ3) is 3.70. The number of amides is 1. The number of rotatable bonds is 4. The summed E-state index contributed by atoms with van der Waals surface area (Å²) >= 11 is 6.17. The largest absolute Gasteiger partial charge is 0.306 e. The Morgan fingerprint density at radius 3 is 2.63 bits per heavy atom. The minimum absolute atomic E-state index is 0.233. The topological polar surface area (TPSA) is 90.5 Å². The van der Waals surface area contributed by atoms with Crippen LogP contribution in [-0.2, 0) is 0 Å². The number of carbonyl (C=O) groups excluding carboxylic acids is 1. The van der Waals surface area contributed by atoms with E-state index in [1.165, 1.54) is 6.33 Å². The van der Waals surface area contributed by atoms with Crippen molar-refractivity contribution in [2.45, 2.75) is 6.92 Å². The number of aromatic nitrogens is 6. The molecule has 8 nitrogen and oxygen atoms in total. The van der Waals surface area contributed by atoms with Gasteiger partial charge in [-0.15, -0.1) is 0 Å². The molecule has 3 aromatic heterocycles. The lowest BCUT2D eigenvalue weighted by atomic mass is 10.0. The van der Waals surface area contributed by atoms with Gasteiger partial charge < -0.3 is 5.32 Å². The number of hydrogen-bond donors (Lipinski definition) is 1. The molecular formula is C26H18ClN7O. The monoisotopic (exact) mass is 479 g/mol. The van der Waals surface area contributed by atoms with Gasteiger partial charge in [0.15, 0.2) is 11.5 Å². The lowest BCUT2D eigenvalue weighted by molar-refractivity contribution is 0.102. The molecule has 1 N–H and O–H groups in total. The number of fused-ring (bicyclic) bond motifs is 2. The van der Waals surface area contributed by atoms with E-state index >= 15 is 0 Å². The molecule has 1 amide bonds. The molecule has 0 aliphatic rings. The average molecular weight is 480 g/mol. The van der Waals surface area contributed by atoms with Crippen molar-refractivity contribution in [3.63, 3.8) is 0 Å². The number of aryl methyl sites for hydroxylation is 1. The molecule has 0 aliphatic heterocycles. The van der Waals surface area contributed by atoms with Crippen molar-refractivity contribution in [2.24, 2.45) is 0 Å². The molecule has 3 aromatic carbocycles. The summed E-state index contributed by atoms with van der Waals surface area (Å²) in [6.45, 7) is 1.86. The van der Waals surface area contributed by atoms with E-state index in [2.05, 4.69) is 25.5 Å². The van der Waals surface area contributed by atoms with Crippen LogP contribution in [-0.4, -0.2) is 35.4 Å². The Balaban J connectivity index is 1.42. The van der Waals surface area contributed by atoms with E-state index < -0.39 is 0 Å². The molecule has 0 unspecified atom stereocenters. The van der Waals surface area contributed by atoms with Crippen LogP contribution in [0.3, 0.4) is 0 Å². The number of nitrogens with zero attached hydrogens (tertiary/aromatic N) is 6. The van der Waals surface area contributed by atoms with Gasteiger partial charge in [-0.25, -0.2) is 14.6 Å². The summed E-state index contributed by atoms with van der Waals surface area (Å²) in [6, 6.07) is 22.6. The standard InChI is InChI=1S/C26H18ClN7O/c1-16-12-23(31-26(35)21-11-4-7-17-6-2-3-10-20(17)21)34(32-16)25-22-14-30-33(24(22)28-15-29-25)19-9-5-8-18(27)13-19/h2-15H,1H3,(H,31,35). The average Bonchev–Trinajstić information content (AvgIpc) is 3.47. The highest BCUT2D eigenvalue weighted by molar-refractivity contribution is 6.30. The van der Waals surface area contributed by atoms with E-state index in [0.717, 1.165) is 22.2 Å². The number of anilines is 1. The van der Waals surface area contributed by atoms with Gasteiger partial charge in [0, 0.05) is 16.7 Å². The van der Waals surface area contributed by atoms with Crippen LogP contribution in [0.25, 0.3) is 33.3 Å². The second-order valence-corrected chi connectivity index (χ2v) is 8.47. The summed E-state index contributed by atoms with van der Waals surface area (Å²) in [6.07, 6.45) is 3.13. The number of nitrogens with one attached hydrogen (secondary N) is 1. The molecule has 0 saturated heterocycles. The van der Waals surface area contributed by atoms with Crippen LogP contribution in [0.1, 0.15) is 16.1 Å². The Morgan fingerprint density at radius 2 is 1.74 bits per heavy atom. The van der Waals surface area contributed by atoms with E-state index in [9.17, 15) is 4.79 Å². The zero-order chi connectivity index (χ0) is 23.9. The second kappa shape index (κ2) is 8.34. The predicted octanol–water partition coefficient (Wildman–Crippen LogP) is 5.37. The van der Waals surface area contributed by atoms with Crippen LogP contribution in [0, 0.1) is 6.92 Å². The highest BCUT2D eigenvalue weighted by Gasteiger charge is 2.19. The van der Waals surface area contributed by atoms with Crippen LogP contribution in [0.15, 0.2) is 85.3 Å². The minimum Gasteiger partial charge on any atom is -0.306 e. The maximum Gasteiger partial charge on any atom is 0.257 e. The summed E-state index contributed by atoms with van der Waals surface area (Å²) in [5.74, 6) is 0.767. The fraction of sp³-hybridized carbons (Fsp3) is 0.0385. The summed E-state index contributed by atoms with van der Waals surface area (Å²) in [5.41, 5.74) is 2.68. The quantitative estimate of drug-likeness (QED) is 0.367. The van der Waals surface area contributed by atoms with Gasteiger partial charge in [0.25, 0.3) is 5.91 Å². The summed E-state index contributed by atoms with van der Waals surface area (Å²) in [7, 11) is 0. The number of benzene rings is 3. The molecule has 0 atom stereocenters. The van der Waals surface area contributed by atoms with Gasteiger partial charge in [-0.3, -0.25) is 4.79 Å². The lowest BCUT2D eigenvalue weighted by Gasteiger charge is -2.10. The smallest absolute Gasteiger partial charge is 0.257 e. The Bertz CT molecular complexity index is 1730. The van der Waals surface area contributed by atoms with Crippen LogP contribution in [0.2, 0.25) is 5.02 Å². The molecule has 0 radical (unpaired) electrons. The summed E-state index contributed by atoms with van der Waals surface area (Å²) < 4.78 is 3.30. The highest BCUT2D eigenvalue weighted by atomic mass is 35.5. The van der Waals surface area contributed by atoms with E-state index in [1.807, 2.05) is 67.6 Å². The van der Waals surface area contributed by atoms with Crippen LogP contribution >= 0.6 is 11.6 Å². The van der Waals surface area contributed by atoms with Crippen molar-refractivity contribution in [3.8, 4) is 11.5 Å². The van der Waals surface area contributed by atoms with Gasteiger partial charge in [-0.1, -0.05) is 54.1 Å². The molecular weight excluding hydrogens is 462 g/mol. The minimum atomic E-state index is -0.233. The van der Waals surface area contributed by atoms with E-state index in [-0.39, 0.29) is 5.91 Å². The summed E-state index contributed by atoms with van der Waals surface area (Å²) in [5, 5.41) is 15.2. The van der Waals surface area contributed by atoms with E-state index in [1.54, 1.807) is 27.7 Å². The number of carbonyl (C=O) groups is 1. The van der Waals surface area contributed by atoms with E-state index in [0.29, 0.717) is 33.3 Å². The normalized spacial score (nSPS) is 11.3. The van der Waals surface area contributed by atoms with Gasteiger partial charge in [0.2, 0.25) is 0 Å². The Kier molecular flexibility index (Phi) is 5.00. The van der Waals surface area contributed by atoms with Crippen molar-refractivity contribution >= 4 is 45.1 Å². The third-order valence-corrected chi connectivity index (χ3v) is 5.94. The third-order valence-electron chi connectivity index (χ3n) is 5.71. The zero-order valence-corrected chi connectivity index (χ0v) is 19.3. The van der Waals surface area contributed by atoms with Crippen LogP contribution < -0.4 is 5.32 Å². The molecule has 3 heterocycles. The first-order chi connectivity index (χ1) is 17.1. The molecule has 0 saturated carbocycles. The molecule has 6 rings (SSSR count). The second-order valence-electron chi connectivity index (χ2n) is 8.03. The zero-order valence-electron chi connectivity index (χ0n) is 18.6. The van der Waals surface area contributed by atoms with Gasteiger partial charge in [0.1, 0.15) is 12.1 Å². The van der Waals surface area contributed by atoms with Gasteiger partial charge in [-0.2, -0.15) is 14.9 Å². The first-order valence-electron chi connectivity index (χ1n) is 10.9. The molecule has 0 fully saturated rings. The SMILES string of the molecule is Cc1cc(NC(=O)c2cccc3ccccc23)n(-c2ncnc3c2cnn3-c2cccc(Cl)c2)n1. The van der Waals surface area contributed by atoms with Crippen LogP contribution in [0.5, 0.6) is 0 Å². The molecule has 170 valence electrons. The van der Waals surface area contributed by atoms with Crippen molar-refractivity contribution in [1.82, 2.24) is 29.5 Å². The Morgan fingerprint density at radius 1 is 0.914 bits per heavy atom. The molecule has 9 heteroatoms. The van der Waals surface area contributed by atoms with Gasteiger partial charge >= 0.3 is 0 Å². The molecule has 0 spiro atoms. The van der Waals surface area contributed by atoms with Crippen molar-refractivity contribution in [3.05, 3.63) is 102 Å². The molecule has 6 aromatic rings. The maximum atomic E-state index is 13.3. The molecule has 35 heavy (non-hydrogen) atoms. The maximum absolute atomic E-state index is 13.3. The number of hydrogen-bond acceptors (Lipinski definition) is 5. The van der Waals surface area contributed by atoms with E-state index in [4.69, 9.17) is 11.6 Å². The molecule has 0 aliphatic carbocycles. The van der Waals surface area contributed by atoms with Crippen molar-refractivity contribution in [1.29, 1.82) is 0 Å². The Hall–Kier alpha value is -4.56. The number of halogens is 1. The van der Waals surface area contributed by atoms with Gasteiger partial charge in [-0.05, 0) is 42.0 Å². The first-order valence-corrected chi connectivity index (χ1v) is 11.3. The van der Waals surface area contributed by atoms with Crippen molar-refractivity contribution in [2.75, 3.05) is 5.32 Å². The molecule has 0 bridgehead atoms. The fourth-order valence-electron chi connectivity index (χ4n) is 4.15. The Labute approximate surface area is 204 Å². The summed E-state index contributed by atoms with van der Waals surface area (Å²) in [4.78, 5) is 22.2. The first kappa shape index (κ1) is 21.0. The predicted molar refractivity (Wildman–Crippen MR) is 135 cm³/mol. The van der Waals surface area contributed by atoms with Crippen LogP contribution in [0.4, 0.5) is 5.82 Å². The fourth-order valence-corrected chi connectivity index (χ4v) is 4.34.